The second-order valence-electron chi connectivity index (χ2n) is 9.37. The van der Waals surface area contributed by atoms with Gasteiger partial charge in [-0.25, -0.2) is 9.78 Å². The van der Waals surface area contributed by atoms with Gasteiger partial charge in [0.05, 0.1) is 23.3 Å². The van der Waals surface area contributed by atoms with E-state index in [1.165, 1.54) is 5.56 Å². The molecular weight excluding hydrogens is 484 g/mol. The number of amides is 4. The van der Waals surface area contributed by atoms with Gasteiger partial charge >= 0.3 is 6.03 Å². The van der Waals surface area contributed by atoms with E-state index in [4.69, 9.17) is 4.74 Å². The highest BCUT2D eigenvalue weighted by Crippen LogP contribution is 2.36. The second-order valence-corrected chi connectivity index (χ2v) is 9.37. The Morgan fingerprint density at radius 2 is 1.61 bits per heavy atom. The van der Waals surface area contributed by atoms with Crippen molar-refractivity contribution in [2.45, 2.75) is 25.3 Å². The number of rotatable bonds is 5. The summed E-state index contributed by atoms with van der Waals surface area (Å²) in [5.74, 6) is -0.270. The minimum Gasteiger partial charge on any atom is -0.439 e. The van der Waals surface area contributed by atoms with Crippen LogP contribution in [-0.4, -0.2) is 45.1 Å². The summed E-state index contributed by atoms with van der Waals surface area (Å²) < 4.78 is 5.90. The topological polar surface area (TPSA) is 129 Å². The molecule has 4 aromatic rings. The average Bonchev–Trinajstić information content (AvgIpc) is 3.58. The maximum Gasteiger partial charge on any atom is 0.328 e. The molecule has 2 fully saturated rings. The van der Waals surface area contributed by atoms with Crippen molar-refractivity contribution in [3.8, 4) is 34.1 Å². The number of H-pyrrole nitrogens is 1. The Labute approximate surface area is 218 Å². The number of ether oxygens (including phenoxy) is 1. The maximum atomic E-state index is 12.7. The molecule has 2 aliphatic heterocycles. The Hall–Kier alpha value is -4.99. The first-order chi connectivity index (χ1) is 18.4. The number of barbiturate groups is 1. The molecule has 38 heavy (non-hydrogen) atoms. The van der Waals surface area contributed by atoms with E-state index in [2.05, 4.69) is 57.0 Å². The molecule has 10 heteroatoms. The first-order valence-corrected chi connectivity index (χ1v) is 12.2. The van der Waals surface area contributed by atoms with Crippen molar-refractivity contribution in [2.24, 2.45) is 0 Å². The van der Waals surface area contributed by atoms with Crippen LogP contribution in [0.3, 0.4) is 0 Å². The fourth-order valence-corrected chi connectivity index (χ4v) is 4.95. The van der Waals surface area contributed by atoms with Gasteiger partial charge in [-0.3, -0.25) is 25.3 Å². The van der Waals surface area contributed by atoms with Gasteiger partial charge in [-0.1, -0.05) is 29.8 Å². The molecule has 2 aromatic carbocycles. The van der Waals surface area contributed by atoms with Gasteiger partial charge in [0.2, 0.25) is 5.88 Å². The number of carbonyl (C=O) groups excluding carboxylic acids is 3. The molecule has 4 heterocycles. The van der Waals surface area contributed by atoms with Crippen molar-refractivity contribution in [1.82, 2.24) is 25.8 Å². The molecule has 1 spiro atoms. The molecule has 2 saturated heterocycles. The number of nitrogens with one attached hydrogen (secondary N) is 3. The summed E-state index contributed by atoms with van der Waals surface area (Å²) in [5.41, 5.74) is 4.12. The molecule has 2 aliphatic rings. The normalized spacial score (nSPS) is 16.4. The van der Waals surface area contributed by atoms with Crippen LogP contribution < -0.4 is 20.3 Å². The largest absolute Gasteiger partial charge is 0.439 e. The monoisotopic (exact) mass is 508 g/mol. The van der Waals surface area contributed by atoms with Crippen LogP contribution in [0.5, 0.6) is 11.6 Å². The molecule has 0 unspecified atom stereocenters. The van der Waals surface area contributed by atoms with Crippen LogP contribution in [0.15, 0.2) is 72.9 Å². The Balaban J connectivity index is 1.15. The number of benzene rings is 2. The molecular formula is C28H24N6O4. The quantitative estimate of drug-likeness (QED) is 0.348. The number of urea groups is 1. The number of nitrogens with zero attached hydrogens (tertiary/aromatic N) is 3. The molecule has 0 aliphatic carbocycles. The van der Waals surface area contributed by atoms with Gasteiger partial charge in [-0.05, 0) is 61.7 Å². The van der Waals surface area contributed by atoms with Crippen molar-refractivity contribution in [1.29, 1.82) is 0 Å². The highest BCUT2D eigenvalue weighted by molar-refractivity contribution is 6.24. The number of aryl methyl sites for hydroxylation is 1. The van der Waals surface area contributed by atoms with Crippen LogP contribution in [0.25, 0.3) is 22.5 Å². The smallest absolute Gasteiger partial charge is 0.328 e. The number of aromatic nitrogens is 3. The van der Waals surface area contributed by atoms with E-state index in [0.29, 0.717) is 36.7 Å². The molecule has 0 radical (unpaired) electrons. The zero-order valence-electron chi connectivity index (χ0n) is 20.5. The molecule has 0 atom stereocenters. The molecule has 10 nitrogen and oxygen atoms in total. The Morgan fingerprint density at radius 1 is 0.895 bits per heavy atom. The molecule has 0 bridgehead atoms. The van der Waals surface area contributed by atoms with E-state index in [1.807, 2.05) is 30.3 Å². The van der Waals surface area contributed by atoms with Crippen molar-refractivity contribution >= 4 is 23.5 Å². The number of aromatic amines is 1. The van der Waals surface area contributed by atoms with Crippen LogP contribution >= 0.6 is 0 Å². The lowest BCUT2D eigenvalue weighted by Crippen LogP contribution is -2.71. The highest BCUT2D eigenvalue weighted by atomic mass is 16.5. The fourth-order valence-electron chi connectivity index (χ4n) is 4.95. The summed E-state index contributed by atoms with van der Waals surface area (Å²) in [7, 11) is 0. The predicted octanol–water partition coefficient (Wildman–Crippen LogP) is 3.94. The molecule has 3 N–H and O–H groups in total. The summed E-state index contributed by atoms with van der Waals surface area (Å²) in [6, 6.07) is 20.4. The van der Waals surface area contributed by atoms with E-state index in [9.17, 15) is 14.4 Å². The number of anilines is 1. The van der Waals surface area contributed by atoms with Crippen molar-refractivity contribution in [3.05, 3.63) is 78.5 Å². The third-order valence-electron chi connectivity index (χ3n) is 6.93. The third kappa shape index (κ3) is 4.05. The van der Waals surface area contributed by atoms with Crippen LogP contribution in [-0.2, 0) is 9.59 Å². The number of pyridine rings is 1. The maximum absolute atomic E-state index is 12.7. The lowest BCUT2D eigenvalue weighted by Gasteiger charge is -2.38. The molecule has 6 rings (SSSR count). The average molecular weight is 509 g/mol. The van der Waals surface area contributed by atoms with E-state index in [0.717, 1.165) is 22.5 Å². The zero-order chi connectivity index (χ0) is 26.3. The number of hydrogen-bond donors (Lipinski definition) is 3. The summed E-state index contributed by atoms with van der Waals surface area (Å²) in [6.07, 6.45) is 2.50. The van der Waals surface area contributed by atoms with Gasteiger partial charge in [0.1, 0.15) is 5.75 Å². The minimum atomic E-state index is -1.46. The Bertz CT molecular complexity index is 1510. The minimum absolute atomic E-state index is 0.311. The molecule has 4 amide bonds. The summed E-state index contributed by atoms with van der Waals surface area (Å²) in [6.45, 7) is 2.54. The van der Waals surface area contributed by atoms with Crippen LogP contribution in [0, 0.1) is 6.92 Å². The van der Waals surface area contributed by atoms with Crippen molar-refractivity contribution in [3.63, 3.8) is 0 Å². The van der Waals surface area contributed by atoms with Gasteiger partial charge in [-0.15, -0.1) is 0 Å². The van der Waals surface area contributed by atoms with E-state index < -0.39 is 23.4 Å². The van der Waals surface area contributed by atoms with Crippen molar-refractivity contribution in [2.75, 3.05) is 11.4 Å². The Morgan fingerprint density at radius 3 is 2.29 bits per heavy atom. The van der Waals surface area contributed by atoms with Crippen molar-refractivity contribution < 1.29 is 19.1 Å². The summed E-state index contributed by atoms with van der Waals surface area (Å²) in [4.78, 5) is 42.9. The molecule has 2 aromatic heterocycles. The van der Waals surface area contributed by atoms with E-state index in [-0.39, 0.29) is 0 Å². The Kier molecular flexibility index (Phi) is 5.64. The first-order valence-electron chi connectivity index (χ1n) is 12.2. The first kappa shape index (κ1) is 23.4. The van der Waals surface area contributed by atoms with Crippen LogP contribution in [0.4, 0.5) is 10.5 Å². The van der Waals surface area contributed by atoms with E-state index in [1.54, 1.807) is 23.2 Å². The summed E-state index contributed by atoms with van der Waals surface area (Å²) in [5, 5.41) is 12.0. The third-order valence-corrected chi connectivity index (χ3v) is 6.93. The van der Waals surface area contributed by atoms with Gasteiger partial charge in [0.25, 0.3) is 11.8 Å². The van der Waals surface area contributed by atoms with Gasteiger partial charge < -0.3 is 9.64 Å². The lowest BCUT2D eigenvalue weighted by atomic mass is 9.92. The number of hydrogen-bond acceptors (Lipinski definition) is 7. The second kappa shape index (κ2) is 9.15. The number of carbonyl (C=O) groups is 3. The van der Waals surface area contributed by atoms with Gasteiger partial charge in [-0.2, -0.15) is 5.10 Å². The van der Waals surface area contributed by atoms with Gasteiger partial charge in [0.15, 0.2) is 5.54 Å². The zero-order valence-corrected chi connectivity index (χ0v) is 20.5. The highest BCUT2D eigenvalue weighted by Gasteiger charge is 2.57. The SMILES string of the molecule is Cc1ccc(-c2cc(-c3ccc(Oc4ccc(N5CCCC56C(=O)NC(=O)NC6=O)cn4)cc3)n[nH]2)cc1. The van der Waals surface area contributed by atoms with Crippen LogP contribution in [0.2, 0.25) is 0 Å². The van der Waals surface area contributed by atoms with Gasteiger partial charge in [0, 0.05) is 18.2 Å². The fraction of sp³-hybridized carbons (Fsp3) is 0.179. The molecule has 0 saturated carbocycles. The molecule has 190 valence electrons. The standard InChI is InChI=1S/C28H24N6O4/c1-17-3-5-18(6-4-17)22-15-23(33-32-22)19-7-10-21(11-8-19)38-24-12-9-20(16-29-24)34-14-2-13-28(34)25(35)30-27(37)31-26(28)36/h3-12,15-16H,2,13-14H2,1H3,(H,32,33)(H2,30,31,35,36,37). The lowest BCUT2D eigenvalue weighted by molar-refractivity contribution is -0.137. The van der Waals surface area contributed by atoms with E-state index >= 15 is 0 Å². The summed E-state index contributed by atoms with van der Waals surface area (Å²) >= 11 is 0. The number of imide groups is 2. The van der Waals surface area contributed by atoms with Crippen LogP contribution in [0.1, 0.15) is 18.4 Å². The predicted molar refractivity (Wildman–Crippen MR) is 140 cm³/mol.